The maximum atomic E-state index is 13.1. The summed E-state index contributed by atoms with van der Waals surface area (Å²) in [6.07, 6.45) is 0. The summed E-state index contributed by atoms with van der Waals surface area (Å²) in [7, 11) is 0. The Bertz CT molecular complexity index is 721. The lowest BCUT2D eigenvalue weighted by molar-refractivity contribution is -0.118. The highest BCUT2D eigenvalue weighted by Crippen LogP contribution is 2.33. The number of anilines is 1. The average Bonchev–Trinajstić information content (AvgIpc) is 2.46. The molecular weight excluding hydrogens is 339 g/mol. The number of carbonyl (C=O) groups excluding carboxylic acids is 1. The smallest absolute Gasteiger partial charge is 0.262 e. The summed E-state index contributed by atoms with van der Waals surface area (Å²) in [5, 5.41) is 2.74. The molecule has 2 aromatic carbocycles. The van der Waals surface area contributed by atoms with Crippen molar-refractivity contribution in [2.24, 2.45) is 5.73 Å². The van der Waals surface area contributed by atoms with Crippen LogP contribution >= 0.6 is 15.9 Å². The molecule has 0 saturated heterocycles. The monoisotopic (exact) mass is 350 g/mol. The molecule has 2 aromatic rings. The number of fused-ring (bicyclic) bond motifs is 1. The van der Waals surface area contributed by atoms with Crippen LogP contribution in [0, 0.1) is 5.82 Å². The quantitative estimate of drug-likeness (QED) is 0.874. The Balaban J connectivity index is 1.96. The molecule has 0 saturated carbocycles. The van der Waals surface area contributed by atoms with Gasteiger partial charge in [-0.2, -0.15) is 0 Å². The van der Waals surface area contributed by atoms with Crippen molar-refractivity contribution in [1.82, 2.24) is 0 Å². The van der Waals surface area contributed by atoms with Crippen molar-refractivity contribution >= 4 is 27.5 Å². The Hall–Kier alpha value is -1.92. The second kappa shape index (κ2) is 5.46. The Morgan fingerprint density at radius 2 is 2.10 bits per heavy atom. The lowest BCUT2D eigenvalue weighted by atomic mass is 9.98. The maximum absolute atomic E-state index is 13.1. The van der Waals surface area contributed by atoms with Crippen LogP contribution in [-0.4, -0.2) is 12.5 Å². The molecule has 3 rings (SSSR count). The Labute approximate surface area is 129 Å². The topological polar surface area (TPSA) is 64.3 Å². The predicted octanol–water partition coefficient (Wildman–Crippen LogP) is 2.97. The first-order valence-electron chi connectivity index (χ1n) is 6.32. The predicted molar refractivity (Wildman–Crippen MR) is 80.7 cm³/mol. The van der Waals surface area contributed by atoms with Gasteiger partial charge in [0.1, 0.15) is 11.6 Å². The van der Waals surface area contributed by atoms with Crippen molar-refractivity contribution in [3.63, 3.8) is 0 Å². The van der Waals surface area contributed by atoms with Crippen molar-refractivity contribution < 1.29 is 13.9 Å². The molecule has 108 valence electrons. The number of rotatable bonds is 2. The zero-order valence-corrected chi connectivity index (χ0v) is 12.5. The van der Waals surface area contributed by atoms with Crippen LogP contribution in [0.25, 0.3) is 0 Å². The molecule has 1 aliphatic heterocycles. The second-order valence-electron chi connectivity index (χ2n) is 4.74. The number of hydrogen-bond donors (Lipinski definition) is 2. The lowest BCUT2D eigenvalue weighted by Gasteiger charge is -2.21. The van der Waals surface area contributed by atoms with E-state index in [0.717, 1.165) is 11.1 Å². The minimum atomic E-state index is -0.441. The molecule has 0 radical (unpaired) electrons. The summed E-state index contributed by atoms with van der Waals surface area (Å²) < 4.78 is 19.1. The Morgan fingerprint density at radius 1 is 1.29 bits per heavy atom. The van der Waals surface area contributed by atoms with Gasteiger partial charge in [0.05, 0.1) is 11.7 Å². The minimum absolute atomic E-state index is 0.0158. The average molecular weight is 351 g/mol. The van der Waals surface area contributed by atoms with Crippen LogP contribution in [0.15, 0.2) is 40.9 Å². The van der Waals surface area contributed by atoms with E-state index >= 15 is 0 Å². The fourth-order valence-corrected chi connectivity index (χ4v) is 2.82. The zero-order valence-electron chi connectivity index (χ0n) is 10.9. The minimum Gasteiger partial charge on any atom is -0.482 e. The Morgan fingerprint density at radius 3 is 2.86 bits per heavy atom. The molecule has 1 aliphatic rings. The summed E-state index contributed by atoms with van der Waals surface area (Å²) in [5.41, 5.74) is 8.39. The second-order valence-corrected chi connectivity index (χ2v) is 5.59. The van der Waals surface area contributed by atoms with Crippen molar-refractivity contribution in [2.75, 3.05) is 11.9 Å². The number of nitrogens with one attached hydrogen (secondary N) is 1. The first-order chi connectivity index (χ1) is 10.0. The van der Waals surface area contributed by atoms with Gasteiger partial charge in [0.2, 0.25) is 0 Å². The van der Waals surface area contributed by atoms with Gasteiger partial charge < -0.3 is 15.8 Å². The number of amides is 1. The maximum Gasteiger partial charge on any atom is 0.262 e. The summed E-state index contributed by atoms with van der Waals surface area (Å²) >= 11 is 3.32. The van der Waals surface area contributed by atoms with Gasteiger partial charge in [0.25, 0.3) is 5.91 Å². The largest absolute Gasteiger partial charge is 0.482 e. The molecule has 1 amide bonds. The summed E-state index contributed by atoms with van der Waals surface area (Å²) in [6.45, 7) is 0.0158. The highest BCUT2D eigenvalue weighted by Gasteiger charge is 2.19. The molecular formula is C15H12BrFN2O2. The molecule has 0 aliphatic carbocycles. The molecule has 1 heterocycles. The van der Waals surface area contributed by atoms with Crippen molar-refractivity contribution in [2.45, 2.75) is 6.04 Å². The fourth-order valence-electron chi connectivity index (χ4n) is 2.23. The van der Waals surface area contributed by atoms with Crippen LogP contribution in [0.5, 0.6) is 5.75 Å². The number of carbonyl (C=O) groups is 1. The normalized spacial score (nSPS) is 14.9. The van der Waals surface area contributed by atoms with E-state index in [4.69, 9.17) is 10.5 Å². The first-order valence-corrected chi connectivity index (χ1v) is 7.11. The first kappa shape index (κ1) is 14.0. The van der Waals surface area contributed by atoms with Crippen LogP contribution in [0.1, 0.15) is 17.2 Å². The van der Waals surface area contributed by atoms with Crippen molar-refractivity contribution in [3.05, 3.63) is 57.8 Å². The van der Waals surface area contributed by atoms with E-state index in [9.17, 15) is 9.18 Å². The number of ether oxygens (including phenoxy) is 1. The summed E-state index contributed by atoms with van der Waals surface area (Å²) in [6, 6.07) is 9.30. The van der Waals surface area contributed by atoms with Gasteiger partial charge in [-0.15, -0.1) is 0 Å². The highest BCUT2D eigenvalue weighted by molar-refractivity contribution is 9.10. The number of benzene rings is 2. The third-order valence-corrected chi connectivity index (χ3v) is 3.98. The van der Waals surface area contributed by atoms with Crippen LogP contribution in [0.4, 0.5) is 10.1 Å². The summed E-state index contributed by atoms with van der Waals surface area (Å²) in [4.78, 5) is 11.4. The number of halogens is 2. The van der Waals surface area contributed by atoms with Gasteiger partial charge in [-0.1, -0.05) is 28.1 Å². The van der Waals surface area contributed by atoms with E-state index in [0.29, 0.717) is 15.9 Å². The standard InChI is InChI=1S/C15H12BrFN2O2/c16-11-6-9(17)2-3-10(11)15(18)8-1-4-13-12(5-8)19-14(20)7-21-13/h1-6,15H,7,18H2,(H,19,20). The molecule has 0 aromatic heterocycles. The molecule has 0 bridgehead atoms. The van der Waals surface area contributed by atoms with E-state index in [1.165, 1.54) is 12.1 Å². The van der Waals surface area contributed by atoms with Gasteiger partial charge in [0, 0.05) is 4.47 Å². The van der Waals surface area contributed by atoms with E-state index in [1.807, 2.05) is 6.07 Å². The molecule has 4 nitrogen and oxygen atoms in total. The van der Waals surface area contributed by atoms with E-state index < -0.39 is 6.04 Å². The third-order valence-electron chi connectivity index (χ3n) is 3.29. The van der Waals surface area contributed by atoms with Gasteiger partial charge in [-0.25, -0.2) is 4.39 Å². The molecule has 1 unspecified atom stereocenters. The van der Waals surface area contributed by atoms with Crippen LogP contribution in [-0.2, 0) is 4.79 Å². The molecule has 3 N–H and O–H groups in total. The van der Waals surface area contributed by atoms with Gasteiger partial charge >= 0.3 is 0 Å². The molecule has 0 spiro atoms. The number of nitrogens with two attached hydrogens (primary N) is 1. The number of hydrogen-bond acceptors (Lipinski definition) is 3. The molecule has 1 atom stereocenters. The summed E-state index contributed by atoms with van der Waals surface area (Å²) in [5.74, 6) is 0.0869. The van der Waals surface area contributed by atoms with Gasteiger partial charge in [-0.05, 0) is 35.4 Å². The molecule has 6 heteroatoms. The van der Waals surface area contributed by atoms with Crippen molar-refractivity contribution in [1.29, 1.82) is 0 Å². The third kappa shape index (κ3) is 2.77. The Kier molecular flexibility index (Phi) is 3.65. The van der Waals surface area contributed by atoms with E-state index in [-0.39, 0.29) is 18.3 Å². The van der Waals surface area contributed by atoms with Crippen LogP contribution in [0.2, 0.25) is 0 Å². The SMILES string of the molecule is NC(c1ccc2c(c1)NC(=O)CO2)c1ccc(F)cc1Br. The van der Waals surface area contributed by atoms with Crippen molar-refractivity contribution in [3.8, 4) is 5.75 Å². The van der Waals surface area contributed by atoms with Crippen LogP contribution < -0.4 is 15.8 Å². The lowest BCUT2D eigenvalue weighted by Crippen LogP contribution is -2.25. The van der Waals surface area contributed by atoms with Gasteiger partial charge in [0.15, 0.2) is 6.61 Å². The molecule has 21 heavy (non-hydrogen) atoms. The fraction of sp³-hybridized carbons (Fsp3) is 0.133. The molecule has 0 fully saturated rings. The van der Waals surface area contributed by atoms with Gasteiger partial charge in [-0.3, -0.25) is 4.79 Å². The van der Waals surface area contributed by atoms with E-state index in [1.54, 1.807) is 18.2 Å². The van der Waals surface area contributed by atoms with Crippen LogP contribution in [0.3, 0.4) is 0 Å². The van der Waals surface area contributed by atoms with E-state index in [2.05, 4.69) is 21.2 Å². The highest BCUT2D eigenvalue weighted by atomic mass is 79.9. The zero-order chi connectivity index (χ0) is 15.0.